The molecule has 0 aromatic heterocycles. The number of nitrogens with two attached hydrogens (primary N) is 1. The number of likely N-dealkylation sites (tertiary alicyclic amines) is 1. The minimum Gasteiger partial charge on any atom is -0.333 e. The summed E-state index contributed by atoms with van der Waals surface area (Å²) in [5.41, 5.74) is 7.27. The van der Waals surface area contributed by atoms with Gasteiger partial charge in [-0.05, 0) is 30.5 Å². The number of benzene rings is 1. The van der Waals surface area contributed by atoms with E-state index < -0.39 is 0 Å². The zero-order chi connectivity index (χ0) is 14.4. The Bertz CT molecular complexity index is 471. The predicted molar refractivity (Wildman–Crippen MR) is 78.0 cm³/mol. The van der Waals surface area contributed by atoms with Crippen LogP contribution in [0.15, 0.2) is 24.3 Å². The quantitative estimate of drug-likeness (QED) is 0.874. The first-order chi connectivity index (χ1) is 9.69. The summed E-state index contributed by atoms with van der Waals surface area (Å²) in [5.74, 6) is -0.0723. The summed E-state index contributed by atoms with van der Waals surface area (Å²) in [7, 11) is 0. The molecule has 5 heteroatoms. The van der Waals surface area contributed by atoms with Gasteiger partial charge in [-0.3, -0.25) is 9.59 Å². The van der Waals surface area contributed by atoms with Gasteiger partial charge in [-0.25, -0.2) is 0 Å². The van der Waals surface area contributed by atoms with E-state index in [1.54, 1.807) is 4.90 Å². The molecule has 1 heterocycles. The van der Waals surface area contributed by atoms with Crippen LogP contribution in [0, 0.1) is 0 Å². The molecule has 1 saturated heterocycles. The first kappa shape index (κ1) is 14.5. The molecule has 0 atom stereocenters. The lowest BCUT2D eigenvalue weighted by Crippen LogP contribution is -2.37. The highest BCUT2D eigenvalue weighted by atomic mass is 16.2. The lowest BCUT2D eigenvalue weighted by Gasteiger charge is -2.19. The lowest BCUT2D eigenvalue weighted by molar-refractivity contribution is -0.134. The van der Waals surface area contributed by atoms with Crippen molar-refractivity contribution < 1.29 is 9.59 Å². The molecule has 20 heavy (non-hydrogen) atoms. The van der Waals surface area contributed by atoms with Crippen LogP contribution < -0.4 is 11.1 Å². The van der Waals surface area contributed by atoms with Crippen molar-refractivity contribution in [1.29, 1.82) is 0 Å². The van der Waals surface area contributed by atoms with Gasteiger partial charge in [-0.1, -0.05) is 18.6 Å². The van der Waals surface area contributed by atoms with Crippen molar-refractivity contribution in [3.05, 3.63) is 29.8 Å². The SMILES string of the molecule is NCc1ccc(NC(=O)CN2CCCCCC2=O)cc1. The minimum absolute atomic E-state index is 0.0797. The number of nitrogens with zero attached hydrogens (tertiary/aromatic N) is 1. The fourth-order valence-electron chi connectivity index (χ4n) is 2.30. The highest BCUT2D eigenvalue weighted by Gasteiger charge is 2.19. The van der Waals surface area contributed by atoms with Crippen molar-refractivity contribution >= 4 is 17.5 Å². The van der Waals surface area contributed by atoms with Gasteiger partial charge in [0.15, 0.2) is 0 Å². The Hall–Kier alpha value is -1.88. The van der Waals surface area contributed by atoms with E-state index in [9.17, 15) is 9.59 Å². The maximum atomic E-state index is 12.0. The monoisotopic (exact) mass is 275 g/mol. The topological polar surface area (TPSA) is 75.4 Å². The van der Waals surface area contributed by atoms with Crippen LogP contribution in [0.4, 0.5) is 5.69 Å². The molecule has 5 nitrogen and oxygen atoms in total. The molecule has 2 amide bonds. The Kier molecular flexibility index (Phi) is 5.12. The van der Waals surface area contributed by atoms with Crippen molar-refractivity contribution in [2.75, 3.05) is 18.4 Å². The fourth-order valence-corrected chi connectivity index (χ4v) is 2.30. The van der Waals surface area contributed by atoms with E-state index >= 15 is 0 Å². The molecule has 0 unspecified atom stereocenters. The summed E-state index contributed by atoms with van der Waals surface area (Å²) in [6.07, 6.45) is 3.52. The summed E-state index contributed by atoms with van der Waals surface area (Å²) in [5, 5.41) is 2.81. The number of hydrogen-bond donors (Lipinski definition) is 2. The van der Waals surface area contributed by atoms with Crippen molar-refractivity contribution in [3.63, 3.8) is 0 Å². The van der Waals surface area contributed by atoms with Crippen molar-refractivity contribution in [2.45, 2.75) is 32.2 Å². The van der Waals surface area contributed by atoms with Gasteiger partial charge in [0, 0.05) is 25.2 Å². The van der Waals surface area contributed by atoms with Gasteiger partial charge < -0.3 is 16.0 Å². The molecule has 1 aromatic carbocycles. The highest BCUT2D eigenvalue weighted by molar-refractivity contribution is 5.94. The number of nitrogens with one attached hydrogen (secondary N) is 1. The van der Waals surface area contributed by atoms with Crippen LogP contribution in [0.3, 0.4) is 0 Å². The summed E-state index contributed by atoms with van der Waals surface area (Å²) in [4.78, 5) is 25.4. The summed E-state index contributed by atoms with van der Waals surface area (Å²) < 4.78 is 0. The van der Waals surface area contributed by atoms with E-state index in [-0.39, 0.29) is 18.4 Å². The first-order valence-corrected chi connectivity index (χ1v) is 7.05. The second-order valence-electron chi connectivity index (χ2n) is 5.08. The molecule has 0 saturated carbocycles. The van der Waals surface area contributed by atoms with Gasteiger partial charge in [0.2, 0.25) is 11.8 Å². The summed E-state index contributed by atoms with van der Waals surface area (Å²) >= 11 is 0. The van der Waals surface area contributed by atoms with Gasteiger partial charge in [0.05, 0.1) is 6.54 Å². The van der Waals surface area contributed by atoms with Crippen LogP contribution in [-0.2, 0) is 16.1 Å². The lowest BCUT2D eigenvalue weighted by atomic mass is 10.2. The molecule has 1 aliphatic rings. The van der Waals surface area contributed by atoms with Gasteiger partial charge >= 0.3 is 0 Å². The van der Waals surface area contributed by atoms with Gasteiger partial charge in [-0.2, -0.15) is 0 Å². The van der Waals surface area contributed by atoms with E-state index in [0.717, 1.165) is 30.5 Å². The summed E-state index contributed by atoms with van der Waals surface area (Å²) in [6.45, 7) is 1.30. The molecule has 108 valence electrons. The number of rotatable bonds is 4. The van der Waals surface area contributed by atoms with Crippen LogP contribution in [-0.4, -0.2) is 29.8 Å². The Balaban J connectivity index is 1.89. The number of carbonyl (C=O) groups is 2. The van der Waals surface area contributed by atoms with E-state index in [0.29, 0.717) is 19.5 Å². The van der Waals surface area contributed by atoms with E-state index in [4.69, 9.17) is 5.73 Å². The number of hydrogen-bond acceptors (Lipinski definition) is 3. The maximum absolute atomic E-state index is 12.0. The number of anilines is 1. The molecule has 1 fully saturated rings. The zero-order valence-corrected chi connectivity index (χ0v) is 11.6. The Morgan fingerprint density at radius 3 is 2.65 bits per heavy atom. The predicted octanol–water partition coefficient (Wildman–Crippen LogP) is 1.49. The molecular formula is C15H21N3O2. The third-order valence-corrected chi connectivity index (χ3v) is 3.48. The van der Waals surface area contributed by atoms with E-state index in [2.05, 4.69) is 5.32 Å². The fraction of sp³-hybridized carbons (Fsp3) is 0.467. The molecule has 0 radical (unpaired) electrons. The molecular weight excluding hydrogens is 254 g/mol. The molecule has 0 spiro atoms. The van der Waals surface area contributed by atoms with Gasteiger partial charge in [-0.15, -0.1) is 0 Å². The Morgan fingerprint density at radius 1 is 1.20 bits per heavy atom. The maximum Gasteiger partial charge on any atom is 0.243 e. The number of amides is 2. The van der Waals surface area contributed by atoms with E-state index in [1.165, 1.54) is 0 Å². The normalized spacial score (nSPS) is 15.8. The van der Waals surface area contributed by atoms with Crippen molar-refractivity contribution in [2.24, 2.45) is 5.73 Å². The van der Waals surface area contributed by atoms with Gasteiger partial charge in [0.1, 0.15) is 0 Å². The van der Waals surface area contributed by atoms with Crippen LogP contribution in [0.1, 0.15) is 31.2 Å². The first-order valence-electron chi connectivity index (χ1n) is 7.05. The van der Waals surface area contributed by atoms with Gasteiger partial charge in [0.25, 0.3) is 0 Å². The Morgan fingerprint density at radius 2 is 1.95 bits per heavy atom. The van der Waals surface area contributed by atoms with Crippen LogP contribution in [0.25, 0.3) is 0 Å². The molecule has 0 bridgehead atoms. The standard InChI is InChI=1S/C15H21N3O2/c16-10-12-5-7-13(8-6-12)17-14(19)11-18-9-3-1-2-4-15(18)20/h5-8H,1-4,9-11,16H2,(H,17,19). The molecule has 2 rings (SSSR count). The molecule has 1 aliphatic heterocycles. The van der Waals surface area contributed by atoms with Crippen LogP contribution >= 0.6 is 0 Å². The average Bonchev–Trinajstić information content (AvgIpc) is 2.65. The average molecular weight is 275 g/mol. The molecule has 0 aliphatic carbocycles. The second-order valence-corrected chi connectivity index (χ2v) is 5.08. The van der Waals surface area contributed by atoms with Crippen molar-refractivity contribution in [1.82, 2.24) is 4.90 Å². The van der Waals surface area contributed by atoms with Crippen LogP contribution in [0.5, 0.6) is 0 Å². The third-order valence-electron chi connectivity index (χ3n) is 3.48. The number of carbonyl (C=O) groups excluding carboxylic acids is 2. The minimum atomic E-state index is -0.152. The van der Waals surface area contributed by atoms with Crippen molar-refractivity contribution in [3.8, 4) is 0 Å². The van der Waals surface area contributed by atoms with E-state index in [1.807, 2.05) is 24.3 Å². The highest BCUT2D eigenvalue weighted by Crippen LogP contribution is 2.12. The summed E-state index contributed by atoms with van der Waals surface area (Å²) in [6, 6.07) is 7.41. The van der Waals surface area contributed by atoms with Crippen LogP contribution in [0.2, 0.25) is 0 Å². The second kappa shape index (κ2) is 7.05. The molecule has 3 N–H and O–H groups in total. The smallest absolute Gasteiger partial charge is 0.243 e. The largest absolute Gasteiger partial charge is 0.333 e. The zero-order valence-electron chi connectivity index (χ0n) is 11.6. The molecule has 1 aromatic rings. The Labute approximate surface area is 119 Å². The third kappa shape index (κ3) is 4.06.